The Morgan fingerprint density at radius 1 is 1.22 bits per heavy atom. The molecule has 1 aromatic rings. The number of amides is 3. The molecule has 2 saturated heterocycles. The van der Waals surface area contributed by atoms with Crippen LogP contribution in [0.5, 0.6) is 5.75 Å². The summed E-state index contributed by atoms with van der Waals surface area (Å²) in [5.41, 5.74) is 4.21. The van der Waals surface area contributed by atoms with E-state index in [0.717, 1.165) is 43.1 Å². The smallest absolute Gasteiger partial charge is 0.455 e. The predicted octanol–water partition coefficient (Wildman–Crippen LogP) is 4.33. The van der Waals surface area contributed by atoms with E-state index in [0.29, 0.717) is 24.2 Å². The van der Waals surface area contributed by atoms with Crippen molar-refractivity contribution in [1.82, 2.24) is 4.90 Å². The van der Waals surface area contributed by atoms with Crippen molar-refractivity contribution in [3.63, 3.8) is 0 Å². The average Bonchev–Trinajstić information content (AvgIpc) is 3.11. The van der Waals surface area contributed by atoms with Crippen molar-refractivity contribution in [2.24, 2.45) is 17.8 Å². The summed E-state index contributed by atoms with van der Waals surface area (Å²) in [7, 11) is 0.0960. The molecule has 3 amide bonds. The van der Waals surface area contributed by atoms with E-state index in [1.165, 1.54) is 5.57 Å². The van der Waals surface area contributed by atoms with Gasteiger partial charge in [-0.1, -0.05) is 49.6 Å². The van der Waals surface area contributed by atoms with Gasteiger partial charge in [0.2, 0.25) is 11.8 Å². The Bertz CT molecular complexity index is 1100. The molecule has 3 aliphatic rings. The Morgan fingerprint density at radius 2 is 2.00 bits per heavy atom. The summed E-state index contributed by atoms with van der Waals surface area (Å²) in [5, 5.41) is 20.4. The predicted molar refractivity (Wildman–Crippen MR) is 135 cm³/mol. The van der Waals surface area contributed by atoms with E-state index in [9.17, 15) is 24.5 Å². The number of allylic oxidation sites excluding steroid dienone is 2. The van der Waals surface area contributed by atoms with E-state index in [1.54, 1.807) is 12.1 Å². The summed E-state index contributed by atoms with van der Waals surface area (Å²) in [5.74, 6) is -2.51. The first-order valence-electron chi connectivity index (χ1n) is 12.8. The maximum atomic E-state index is 13.2. The summed E-state index contributed by atoms with van der Waals surface area (Å²) in [6.45, 7) is 4.13. The van der Waals surface area contributed by atoms with Crippen LogP contribution in [0.3, 0.4) is 0 Å². The van der Waals surface area contributed by atoms with Crippen LogP contribution in [0, 0.1) is 17.8 Å². The highest BCUT2D eigenvalue weighted by Crippen LogP contribution is 2.51. The number of benzene rings is 1. The van der Waals surface area contributed by atoms with Gasteiger partial charge in [-0.15, -0.1) is 0 Å². The fourth-order valence-electron chi connectivity index (χ4n) is 6.13. The fraction of sp³-hybridized carbons (Fsp3) is 0.519. The van der Waals surface area contributed by atoms with Crippen molar-refractivity contribution in [1.29, 1.82) is 0 Å². The van der Waals surface area contributed by atoms with Gasteiger partial charge in [0.25, 0.3) is 0 Å². The normalized spacial score (nSPS) is 26.3. The van der Waals surface area contributed by atoms with Gasteiger partial charge >= 0.3 is 13.2 Å². The summed E-state index contributed by atoms with van der Waals surface area (Å²) in [6, 6.07) is 7.12. The minimum Gasteiger partial charge on any atom is -0.508 e. The van der Waals surface area contributed by atoms with Crippen LogP contribution in [0.1, 0.15) is 57.9 Å². The second-order valence-corrected chi connectivity index (χ2v) is 9.84. The van der Waals surface area contributed by atoms with Crippen LogP contribution in [-0.4, -0.2) is 53.3 Å². The number of ether oxygens (including phenoxy) is 1. The maximum absolute atomic E-state index is 13.2. The summed E-state index contributed by atoms with van der Waals surface area (Å²) in [4.78, 5) is 39.0. The van der Waals surface area contributed by atoms with Crippen LogP contribution in [0.25, 0.3) is 6.08 Å². The third-order valence-electron chi connectivity index (χ3n) is 7.63. The van der Waals surface area contributed by atoms with Gasteiger partial charge in [-0.3, -0.25) is 9.59 Å². The van der Waals surface area contributed by atoms with Gasteiger partial charge in [0.05, 0.1) is 25.0 Å². The van der Waals surface area contributed by atoms with E-state index in [-0.39, 0.29) is 24.1 Å². The first-order valence-corrected chi connectivity index (χ1v) is 12.8. The average molecular weight is 495 g/mol. The highest BCUT2D eigenvalue weighted by molar-refractivity contribution is 6.43. The Kier molecular flexibility index (Phi) is 8.00. The second kappa shape index (κ2) is 11.0. The summed E-state index contributed by atoms with van der Waals surface area (Å²) < 4.78 is 10.7. The lowest BCUT2D eigenvalue weighted by atomic mass is 9.58. The largest absolute Gasteiger partial charge is 0.508 e. The highest BCUT2D eigenvalue weighted by atomic mass is 16.5. The number of imide groups is 3. The Morgan fingerprint density at radius 3 is 2.67 bits per heavy atom. The first-order chi connectivity index (χ1) is 17.3. The molecule has 0 radical (unpaired) electrons. The molecule has 0 aromatic heterocycles. The van der Waals surface area contributed by atoms with Gasteiger partial charge in [-0.2, -0.15) is 4.90 Å². The number of fused-ring (bicyclic) bond motifs is 3. The standard InChI is InChI=1S/C27H34BNO7/c1-4-7-16(12-17-8-6-9-19(30)13-17)10-11-22-23-18(5-2)14-20-24(21(23)15-28(34)36-22)26(32)29(25(20)31)27(33)35-3/h6,8-9,12-13,20-22,24,30,34H,4-5,7,10-11,14-15H2,1-3H3/b16-12+/t20-,21+,22-,24-/m1/s1. The minimum atomic E-state index is -1.06. The monoisotopic (exact) mass is 495 g/mol. The van der Waals surface area contributed by atoms with Crippen LogP contribution in [0.2, 0.25) is 6.32 Å². The minimum absolute atomic E-state index is 0.214. The van der Waals surface area contributed by atoms with Crippen LogP contribution in [0.15, 0.2) is 41.0 Å². The zero-order chi connectivity index (χ0) is 26.0. The van der Waals surface area contributed by atoms with Gasteiger partial charge in [0, 0.05) is 0 Å². The quantitative estimate of drug-likeness (QED) is 0.329. The number of likely N-dealkylation sites (tertiary alicyclic amines) is 1. The van der Waals surface area contributed by atoms with E-state index < -0.39 is 36.9 Å². The van der Waals surface area contributed by atoms with Crippen LogP contribution < -0.4 is 0 Å². The van der Waals surface area contributed by atoms with Gasteiger partial charge < -0.3 is 19.5 Å². The molecule has 0 bridgehead atoms. The number of carbonyl (C=O) groups is 3. The molecule has 9 heteroatoms. The third kappa shape index (κ3) is 4.99. The first kappa shape index (κ1) is 26.2. The summed E-state index contributed by atoms with van der Waals surface area (Å²) in [6.07, 6.45) is 5.27. The van der Waals surface area contributed by atoms with Crippen molar-refractivity contribution in [2.45, 2.75) is 64.8 Å². The zero-order valence-electron chi connectivity index (χ0n) is 21.1. The lowest BCUT2D eigenvalue weighted by Gasteiger charge is -2.43. The van der Waals surface area contributed by atoms with E-state index in [1.807, 2.05) is 19.1 Å². The van der Waals surface area contributed by atoms with Crippen molar-refractivity contribution in [2.75, 3.05) is 7.11 Å². The maximum Gasteiger partial charge on any atom is 0.455 e. The lowest BCUT2D eigenvalue weighted by molar-refractivity contribution is -0.137. The molecule has 2 aliphatic heterocycles. The molecule has 2 N–H and O–H groups in total. The molecule has 2 heterocycles. The molecule has 2 fully saturated rings. The number of rotatable bonds is 7. The fourth-order valence-corrected chi connectivity index (χ4v) is 6.13. The molecule has 8 nitrogen and oxygen atoms in total. The van der Waals surface area contributed by atoms with Crippen molar-refractivity contribution in [3.05, 3.63) is 46.5 Å². The molecule has 0 saturated carbocycles. The topological polar surface area (TPSA) is 113 Å². The van der Waals surface area contributed by atoms with Gasteiger partial charge in [0.15, 0.2) is 0 Å². The van der Waals surface area contributed by atoms with Crippen molar-refractivity contribution in [3.8, 4) is 5.75 Å². The highest BCUT2D eigenvalue weighted by Gasteiger charge is 2.58. The number of nitrogens with zero attached hydrogens (tertiary/aromatic N) is 1. The Balaban J connectivity index is 1.61. The number of phenols is 1. The number of aromatic hydroxyl groups is 1. The van der Waals surface area contributed by atoms with Gasteiger partial charge in [-0.25, -0.2) is 4.79 Å². The Hall–Kier alpha value is -2.91. The summed E-state index contributed by atoms with van der Waals surface area (Å²) >= 11 is 0. The molecule has 4 rings (SSSR count). The SMILES string of the molecule is CCC/C(=C\c1cccc(O)c1)CC[C@H]1OB(O)C[C@H]2C1=C(CC)C[C@H]1C(=O)N(C(=O)OC)C(=O)[C@H]12. The van der Waals surface area contributed by atoms with E-state index in [2.05, 4.69) is 13.0 Å². The number of carbonyl (C=O) groups excluding carboxylic acids is 3. The molecule has 0 unspecified atom stereocenters. The van der Waals surface area contributed by atoms with Crippen LogP contribution in [-0.2, 0) is 19.0 Å². The van der Waals surface area contributed by atoms with E-state index >= 15 is 0 Å². The Labute approximate surface area is 212 Å². The molecule has 4 atom stereocenters. The number of hydrogen-bond acceptors (Lipinski definition) is 7. The van der Waals surface area contributed by atoms with Crippen molar-refractivity contribution < 1.29 is 33.9 Å². The number of methoxy groups -OCH3 is 1. The molecular formula is C27H34BNO7. The van der Waals surface area contributed by atoms with Crippen LogP contribution >= 0.6 is 0 Å². The number of phenolic OH excluding ortho intramolecular Hbond substituents is 1. The molecule has 1 aliphatic carbocycles. The molecule has 0 spiro atoms. The third-order valence-corrected chi connectivity index (χ3v) is 7.63. The molecule has 1 aromatic carbocycles. The zero-order valence-corrected chi connectivity index (χ0v) is 21.1. The lowest BCUT2D eigenvalue weighted by Crippen LogP contribution is -2.46. The van der Waals surface area contributed by atoms with Crippen LogP contribution in [0.4, 0.5) is 4.79 Å². The second-order valence-electron chi connectivity index (χ2n) is 9.84. The molecular weight excluding hydrogens is 461 g/mol. The molecule has 192 valence electrons. The van der Waals surface area contributed by atoms with Crippen molar-refractivity contribution >= 4 is 31.1 Å². The van der Waals surface area contributed by atoms with E-state index in [4.69, 9.17) is 9.39 Å². The number of hydrogen-bond donors (Lipinski definition) is 2. The van der Waals surface area contributed by atoms with Gasteiger partial charge in [0.1, 0.15) is 5.75 Å². The van der Waals surface area contributed by atoms with Gasteiger partial charge in [-0.05, 0) is 67.6 Å². The molecule has 36 heavy (non-hydrogen) atoms.